The van der Waals surface area contributed by atoms with Crippen LogP contribution >= 0.6 is 27.5 Å². The minimum atomic E-state index is 0.647. The molecule has 1 aromatic carbocycles. The van der Waals surface area contributed by atoms with E-state index in [4.69, 9.17) is 11.6 Å². The van der Waals surface area contributed by atoms with Crippen LogP contribution in [0.2, 0.25) is 5.02 Å². The molecule has 0 saturated carbocycles. The lowest BCUT2D eigenvalue weighted by molar-refractivity contribution is 0.158. The van der Waals surface area contributed by atoms with E-state index in [1.807, 2.05) is 6.07 Å². The first-order valence-electron chi connectivity index (χ1n) is 7.09. The third-order valence-electron chi connectivity index (χ3n) is 3.69. The van der Waals surface area contributed by atoms with E-state index in [1.54, 1.807) is 0 Å². The van der Waals surface area contributed by atoms with Gasteiger partial charge >= 0.3 is 0 Å². The van der Waals surface area contributed by atoms with Gasteiger partial charge in [-0.3, -0.25) is 4.90 Å². The highest BCUT2D eigenvalue weighted by Crippen LogP contribution is 2.24. The van der Waals surface area contributed by atoms with Crippen LogP contribution < -0.4 is 5.32 Å². The molecule has 1 fully saturated rings. The maximum atomic E-state index is 6.34. The predicted octanol–water partition coefficient (Wildman–Crippen LogP) is 4.07. The summed E-state index contributed by atoms with van der Waals surface area (Å²) in [6.45, 7) is 6.60. The van der Waals surface area contributed by atoms with E-state index in [0.29, 0.717) is 6.04 Å². The molecule has 1 aliphatic rings. The molecule has 2 nitrogen and oxygen atoms in total. The maximum absolute atomic E-state index is 6.34. The Kier molecular flexibility index (Phi) is 6.14. The average Bonchev–Trinajstić information content (AvgIpc) is 2.42. The van der Waals surface area contributed by atoms with E-state index in [0.717, 1.165) is 35.7 Å². The van der Waals surface area contributed by atoms with Crippen molar-refractivity contribution in [3.8, 4) is 0 Å². The Morgan fingerprint density at radius 3 is 2.95 bits per heavy atom. The van der Waals surface area contributed by atoms with Crippen molar-refractivity contribution in [1.29, 1.82) is 0 Å². The number of benzene rings is 1. The Balaban J connectivity index is 2.06. The summed E-state index contributed by atoms with van der Waals surface area (Å²) in [6, 6.07) is 6.84. The predicted molar refractivity (Wildman–Crippen MR) is 85.7 cm³/mol. The molecule has 1 N–H and O–H groups in total. The fraction of sp³-hybridized carbons (Fsp3) is 0.600. The number of nitrogens with zero attached hydrogens (tertiary/aromatic N) is 1. The zero-order valence-corrected chi connectivity index (χ0v) is 13.8. The third kappa shape index (κ3) is 4.45. The number of piperidine rings is 1. The second kappa shape index (κ2) is 7.63. The van der Waals surface area contributed by atoms with Crippen molar-refractivity contribution in [2.24, 2.45) is 0 Å². The zero-order valence-electron chi connectivity index (χ0n) is 11.5. The highest BCUT2D eigenvalue weighted by atomic mass is 79.9. The summed E-state index contributed by atoms with van der Waals surface area (Å²) in [4.78, 5) is 2.57. The monoisotopic (exact) mass is 344 g/mol. The second-order valence-electron chi connectivity index (χ2n) is 5.21. The Morgan fingerprint density at radius 2 is 2.32 bits per heavy atom. The number of halogens is 2. The van der Waals surface area contributed by atoms with Crippen LogP contribution in [0.15, 0.2) is 22.7 Å². The van der Waals surface area contributed by atoms with E-state index < -0.39 is 0 Å². The van der Waals surface area contributed by atoms with Gasteiger partial charge in [-0.05, 0) is 50.0 Å². The van der Waals surface area contributed by atoms with Gasteiger partial charge in [-0.1, -0.05) is 40.5 Å². The van der Waals surface area contributed by atoms with Crippen LogP contribution in [0.25, 0.3) is 0 Å². The molecular weight excluding hydrogens is 324 g/mol. The van der Waals surface area contributed by atoms with Crippen molar-refractivity contribution < 1.29 is 0 Å². The first-order valence-corrected chi connectivity index (χ1v) is 8.26. The Morgan fingerprint density at radius 1 is 1.47 bits per heavy atom. The maximum Gasteiger partial charge on any atom is 0.0462 e. The zero-order chi connectivity index (χ0) is 13.7. The van der Waals surface area contributed by atoms with Gasteiger partial charge in [0.15, 0.2) is 0 Å². The normalized spacial score (nSPS) is 19.9. The van der Waals surface area contributed by atoms with Crippen molar-refractivity contribution in [2.75, 3.05) is 19.6 Å². The fourth-order valence-corrected chi connectivity index (χ4v) is 3.42. The van der Waals surface area contributed by atoms with Gasteiger partial charge < -0.3 is 5.32 Å². The molecule has 1 aliphatic heterocycles. The molecule has 0 aliphatic carbocycles. The highest BCUT2D eigenvalue weighted by Gasteiger charge is 2.21. The molecule has 2 rings (SSSR count). The SMILES string of the molecule is CCCN(Cc1ccc(Br)cc1Cl)C1CCCNC1. The number of nitrogens with one attached hydrogen (secondary N) is 1. The van der Waals surface area contributed by atoms with Gasteiger partial charge in [-0.2, -0.15) is 0 Å². The molecule has 1 aromatic rings. The molecule has 0 radical (unpaired) electrons. The van der Waals surface area contributed by atoms with Crippen molar-refractivity contribution >= 4 is 27.5 Å². The minimum Gasteiger partial charge on any atom is -0.315 e. The molecule has 0 spiro atoms. The average molecular weight is 346 g/mol. The minimum absolute atomic E-state index is 0.647. The third-order valence-corrected chi connectivity index (χ3v) is 4.53. The smallest absolute Gasteiger partial charge is 0.0462 e. The summed E-state index contributed by atoms with van der Waals surface area (Å²) in [5.41, 5.74) is 1.23. The van der Waals surface area contributed by atoms with E-state index in [9.17, 15) is 0 Å². The first kappa shape index (κ1) is 15.3. The van der Waals surface area contributed by atoms with Crippen molar-refractivity contribution in [1.82, 2.24) is 10.2 Å². The fourth-order valence-electron chi connectivity index (χ4n) is 2.69. The van der Waals surface area contributed by atoms with Crippen LogP contribution in [-0.4, -0.2) is 30.6 Å². The topological polar surface area (TPSA) is 15.3 Å². The molecule has 4 heteroatoms. The molecule has 0 aromatic heterocycles. The number of hydrogen-bond donors (Lipinski definition) is 1. The highest BCUT2D eigenvalue weighted by molar-refractivity contribution is 9.10. The Hall–Kier alpha value is -0.0900. The van der Waals surface area contributed by atoms with Gasteiger partial charge in [0, 0.05) is 28.6 Å². The van der Waals surface area contributed by atoms with E-state index >= 15 is 0 Å². The van der Waals surface area contributed by atoms with Crippen molar-refractivity contribution in [2.45, 2.75) is 38.8 Å². The molecule has 1 saturated heterocycles. The van der Waals surface area contributed by atoms with Crippen LogP contribution in [0.4, 0.5) is 0 Å². The van der Waals surface area contributed by atoms with Crippen LogP contribution in [-0.2, 0) is 6.54 Å². The van der Waals surface area contributed by atoms with Gasteiger partial charge in [0.2, 0.25) is 0 Å². The van der Waals surface area contributed by atoms with Gasteiger partial charge in [0.25, 0.3) is 0 Å². The molecular formula is C15H22BrClN2. The summed E-state index contributed by atoms with van der Waals surface area (Å²) in [7, 11) is 0. The van der Waals surface area contributed by atoms with Gasteiger partial charge in [-0.25, -0.2) is 0 Å². The quantitative estimate of drug-likeness (QED) is 0.865. The largest absolute Gasteiger partial charge is 0.315 e. The van der Waals surface area contributed by atoms with E-state index in [1.165, 1.54) is 24.8 Å². The van der Waals surface area contributed by atoms with Gasteiger partial charge in [0.1, 0.15) is 0 Å². The number of hydrogen-bond acceptors (Lipinski definition) is 2. The van der Waals surface area contributed by atoms with E-state index in [2.05, 4.69) is 45.2 Å². The van der Waals surface area contributed by atoms with E-state index in [-0.39, 0.29) is 0 Å². The first-order chi connectivity index (χ1) is 9.20. The second-order valence-corrected chi connectivity index (χ2v) is 6.53. The molecule has 1 atom stereocenters. The van der Waals surface area contributed by atoms with Crippen LogP contribution in [0, 0.1) is 0 Å². The molecule has 0 bridgehead atoms. The Bertz CT molecular complexity index is 405. The van der Waals surface area contributed by atoms with Gasteiger partial charge in [-0.15, -0.1) is 0 Å². The lowest BCUT2D eigenvalue weighted by Gasteiger charge is -2.34. The van der Waals surface area contributed by atoms with Crippen LogP contribution in [0.1, 0.15) is 31.7 Å². The number of rotatable bonds is 5. The molecule has 1 heterocycles. The van der Waals surface area contributed by atoms with Gasteiger partial charge in [0.05, 0.1) is 0 Å². The van der Waals surface area contributed by atoms with Crippen molar-refractivity contribution in [3.63, 3.8) is 0 Å². The summed E-state index contributed by atoms with van der Waals surface area (Å²) in [5.74, 6) is 0. The summed E-state index contributed by atoms with van der Waals surface area (Å²) in [6.07, 6.45) is 3.75. The lowest BCUT2D eigenvalue weighted by atomic mass is 10.0. The summed E-state index contributed by atoms with van der Waals surface area (Å²) < 4.78 is 1.04. The summed E-state index contributed by atoms with van der Waals surface area (Å²) in [5, 5.41) is 4.36. The molecule has 0 amide bonds. The van der Waals surface area contributed by atoms with Crippen LogP contribution in [0.5, 0.6) is 0 Å². The lowest BCUT2D eigenvalue weighted by Crippen LogP contribution is -2.45. The molecule has 1 unspecified atom stereocenters. The van der Waals surface area contributed by atoms with Crippen molar-refractivity contribution in [3.05, 3.63) is 33.3 Å². The molecule has 19 heavy (non-hydrogen) atoms. The summed E-state index contributed by atoms with van der Waals surface area (Å²) >= 11 is 9.80. The Labute approximate surface area is 129 Å². The van der Waals surface area contributed by atoms with Crippen LogP contribution in [0.3, 0.4) is 0 Å². The standard InChI is InChI=1S/C15H22BrClN2/c1-2-8-19(14-4-3-7-18-10-14)11-12-5-6-13(16)9-15(12)17/h5-6,9,14,18H,2-4,7-8,10-11H2,1H3. The molecule has 106 valence electrons.